The van der Waals surface area contributed by atoms with E-state index in [2.05, 4.69) is 15.9 Å². The molecule has 0 aliphatic carbocycles. The zero-order valence-corrected chi connectivity index (χ0v) is 10.0. The average molecular weight is 282 g/mol. The first-order chi connectivity index (χ1) is 6.06. The Hall–Kier alpha value is -0.0500. The molecule has 0 heterocycles. The first-order valence-electron chi connectivity index (χ1n) is 3.61. The van der Waals surface area contributed by atoms with Crippen molar-refractivity contribution in [2.45, 2.75) is 6.92 Å². The van der Waals surface area contributed by atoms with Gasteiger partial charge in [-0.3, -0.25) is 4.79 Å². The highest BCUT2D eigenvalue weighted by atomic mass is 79.9. The lowest BCUT2D eigenvalue weighted by atomic mass is 10.1. The zero-order chi connectivity index (χ0) is 10.0. The van der Waals surface area contributed by atoms with E-state index < -0.39 is 0 Å². The maximum absolute atomic E-state index is 11.3. The number of benzene rings is 1. The van der Waals surface area contributed by atoms with Crippen LogP contribution in [0.25, 0.3) is 0 Å². The third-order valence-electron chi connectivity index (χ3n) is 1.64. The van der Waals surface area contributed by atoms with Crippen LogP contribution in [-0.2, 0) is 0 Å². The molecule has 1 aromatic rings. The molecule has 4 heteroatoms. The van der Waals surface area contributed by atoms with Crippen molar-refractivity contribution in [3.05, 3.63) is 33.3 Å². The van der Waals surface area contributed by atoms with Crippen LogP contribution in [0.3, 0.4) is 0 Å². The molecule has 0 radical (unpaired) electrons. The Kier molecular flexibility index (Phi) is 3.77. The second-order valence-electron chi connectivity index (χ2n) is 2.64. The minimum absolute atomic E-state index is 0.0596. The van der Waals surface area contributed by atoms with Crippen LogP contribution in [0.4, 0.5) is 0 Å². The van der Waals surface area contributed by atoms with Gasteiger partial charge in [-0.25, -0.2) is 0 Å². The molecule has 0 saturated carbocycles. The zero-order valence-electron chi connectivity index (χ0n) is 6.90. The summed E-state index contributed by atoms with van der Waals surface area (Å²) in [4.78, 5) is 11.3. The van der Waals surface area contributed by atoms with Crippen molar-refractivity contribution in [3.8, 4) is 0 Å². The Morgan fingerprint density at radius 2 is 2.08 bits per heavy atom. The van der Waals surface area contributed by atoms with E-state index in [1.807, 2.05) is 6.92 Å². The van der Waals surface area contributed by atoms with Crippen molar-refractivity contribution < 1.29 is 4.79 Å². The summed E-state index contributed by atoms with van der Waals surface area (Å²) in [6, 6.07) is 3.31. The highest BCUT2D eigenvalue weighted by Crippen LogP contribution is 2.25. The molecule has 70 valence electrons. The summed E-state index contributed by atoms with van der Waals surface area (Å²) in [5, 5.41) is 1.27. The number of Topliss-reactive ketones (excluding diaryl/α,β-unsaturated/α-hetero) is 1. The summed E-state index contributed by atoms with van der Waals surface area (Å²) in [7, 11) is 0. The minimum atomic E-state index is -0.0596. The summed E-state index contributed by atoms with van der Waals surface area (Å²) >= 11 is 14.8. The van der Waals surface area contributed by atoms with Gasteiger partial charge in [0, 0.05) is 10.6 Å². The molecule has 0 bridgehead atoms. The van der Waals surface area contributed by atoms with Gasteiger partial charge in [0.15, 0.2) is 5.78 Å². The summed E-state index contributed by atoms with van der Waals surface area (Å²) in [6.45, 7) is 1.82. The SMILES string of the molecule is Cc1cc(Cl)cc(C(=O)CBr)c1Cl. The van der Waals surface area contributed by atoms with E-state index in [0.29, 0.717) is 15.6 Å². The second kappa shape index (κ2) is 4.45. The number of halogens is 3. The maximum atomic E-state index is 11.3. The third-order valence-corrected chi connectivity index (χ3v) is 2.87. The lowest BCUT2D eigenvalue weighted by molar-refractivity contribution is 0.102. The average Bonchev–Trinajstić information content (AvgIpc) is 2.10. The fourth-order valence-corrected chi connectivity index (χ4v) is 1.79. The van der Waals surface area contributed by atoms with Crippen molar-refractivity contribution >= 4 is 44.9 Å². The second-order valence-corrected chi connectivity index (χ2v) is 4.02. The molecule has 13 heavy (non-hydrogen) atoms. The molecule has 0 aliphatic rings. The Balaban J connectivity index is 3.28. The molecule has 0 N–H and O–H groups in total. The summed E-state index contributed by atoms with van der Waals surface area (Å²) in [5.74, 6) is -0.0596. The van der Waals surface area contributed by atoms with Crippen molar-refractivity contribution in [2.75, 3.05) is 5.33 Å². The van der Waals surface area contributed by atoms with Crippen LogP contribution in [0.15, 0.2) is 12.1 Å². The number of aryl methyl sites for hydroxylation is 1. The highest BCUT2D eigenvalue weighted by molar-refractivity contribution is 9.09. The van der Waals surface area contributed by atoms with Gasteiger partial charge in [0.1, 0.15) is 0 Å². The summed E-state index contributed by atoms with van der Waals surface area (Å²) in [6.07, 6.45) is 0. The fraction of sp³-hybridized carbons (Fsp3) is 0.222. The van der Waals surface area contributed by atoms with Crippen LogP contribution in [0.2, 0.25) is 10.0 Å². The van der Waals surface area contributed by atoms with Gasteiger partial charge in [0.05, 0.1) is 10.4 Å². The van der Waals surface area contributed by atoms with Crippen LogP contribution >= 0.6 is 39.1 Å². The van der Waals surface area contributed by atoms with Gasteiger partial charge in [0.2, 0.25) is 0 Å². The van der Waals surface area contributed by atoms with Crippen molar-refractivity contribution in [2.24, 2.45) is 0 Å². The van der Waals surface area contributed by atoms with Gasteiger partial charge in [-0.05, 0) is 24.6 Å². The molecule has 1 rings (SSSR count). The van der Waals surface area contributed by atoms with E-state index >= 15 is 0 Å². The summed E-state index contributed by atoms with van der Waals surface area (Å²) < 4.78 is 0. The first-order valence-corrected chi connectivity index (χ1v) is 5.49. The van der Waals surface area contributed by atoms with Crippen molar-refractivity contribution in [1.29, 1.82) is 0 Å². The van der Waals surface area contributed by atoms with Crippen LogP contribution in [0.5, 0.6) is 0 Å². The van der Waals surface area contributed by atoms with Crippen molar-refractivity contribution in [3.63, 3.8) is 0 Å². The number of alkyl halides is 1. The normalized spacial score (nSPS) is 10.2. The van der Waals surface area contributed by atoms with Crippen LogP contribution in [0.1, 0.15) is 15.9 Å². The number of ketones is 1. The maximum Gasteiger partial charge on any atom is 0.174 e. The number of carbonyl (C=O) groups is 1. The number of rotatable bonds is 2. The first kappa shape index (κ1) is 11.0. The van der Waals surface area contributed by atoms with Crippen molar-refractivity contribution in [1.82, 2.24) is 0 Å². The molecular formula is C9H7BrCl2O. The standard InChI is InChI=1S/C9H7BrCl2O/c1-5-2-6(11)3-7(9(5)12)8(13)4-10/h2-3H,4H2,1H3. The molecule has 0 fully saturated rings. The lowest BCUT2D eigenvalue weighted by Gasteiger charge is -2.04. The molecule has 0 spiro atoms. The summed E-state index contributed by atoms with van der Waals surface area (Å²) in [5.41, 5.74) is 1.29. The minimum Gasteiger partial charge on any atom is -0.293 e. The third kappa shape index (κ3) is 2.46. The molecule has 0 saturated heterocycles. The monoisotopic (exact) mass is 280 g/mol. The van der Waals surface area contributed by atoms with E-state index in [-0.39, 0.29) is 11.1 Å². The topological polar surface area (TPSA) is 17.1 Å². The van der Waals surface area contributed by atoms with Gasteiger partial charge in [-0.2, -0.15) is 0 Å². The van der Waals surface area contributed by atoms with E-state index in [1.54, 1.807) is 12.1 Å². The fourth-order valence-electron chi connectivity index (χ4n) is 1.00. The van der Waals surface area contributed by atoms with Gasteiger partial charge < -0.3 is 0 Å². The molecule has 0 unspecified atom stereocenters. The quantitative estimate of drug-likeness (QED) is 0.594. The predicted octanol–water partition coefficient (Wildman–Crippen LogP) is 3.88. The molecule has 0 amide bonds. The van der Waals surface area contributed by atoms with E-state index in [9.17, 15) is 4.79 Å². The van der Waals surface area contributed by atoms with Crippen LogP contribution < -0.4 is 0 Å². The lowest BCUT2D eigenvalue weighted by Crippen LogP contribution is -2.01. The Labute approximate surface area is 95.2 Å². The number of hydrogen-bond donors (Lipinski definition) is 0. The number of carbonyl (C=O) groups excluding carboxylic acids is 1. The number of hydrogen-bond acceptors (Lipinski definition) is 1. The molecular weight excluding hydrogens is 275 g/mol. The van der Waals surface area contributed by atoms with Crippen LogP contribution in [-0.4, -0.2) is 11.1 Å². The molecule has 1 nitrogen and oxygen atoms in total. The highest BCUT2D eigenvalue weighted by Gasteiger charge is 2.11. The largest absolute Gasteiger partial charge is 0.293 e. The predicted molar refractivity (Wildman–Crippen MR) is 59.3 cm³/mol. The van der Waals surface area contributed by atoms with Gasteiger partial charge in [0.25, 0.3) is 0 Å². The smallest absolute Gasteiger partial charge is 0.174 e. The molecule has 0 atom stereocenters. The Morgan fingerprint density at radius 1 is 1.46 bits per heavy atom. The molecule has 0 aliphatic heterocycles. The Morgan fingerprint density at radius 3 is 2.62 bits per heavy atom. The van der Waals surface area contributed by atoms with Gasteiger partial charge in [-0.15, -0.1) is 0 Å². The van der Waals surface area contributed by atoms with E-state index in [4.69, 9.17) is 23.2 Å². The molecule has 0 aromatic heterocycles. The van der Waals surface area contributed by atoms with Gasteiger partial charge >= 0.3 is 0 Å². The van der Waals surface area contributed by atoms with E-state index in [1.165, 1.54) is 0 Å². The van der Waals surface area contributed by atoms with Gasteiger partial charge in [-0.1, -0.05) is 39.1 Å². The Bertz CT molecular complexity index is 350. The van der Waals surface area contributed by atoms with E-state index in [0.717, 1.165) is 5.56 Å². The van der Waals surface area contributed by atoms with Crippen LogP contribution in [0, 0.1) is 6.92 Å². The molecule has 1 aromatic carbocycles.